The first kappa shape index (κ1) is 11.5. The van der Waals surface area contributed by atoms with Crippen LogP contribution in [0.5, 0.6) is 5.75 Å². The molecule has 2 aromatic rings. The molecule has 2 rings (SSSR count). The maximum Gasteiger partial charge on any atom is 0.122 e. The number of aliphatic hydroxyl groups is 1. The van der Waals surface area contributed by atoms with Gasteiger partial charge in [0.05, 0.1) is 7.11 Å². The van der Waals surface area contributed by atoms with Gasteiger partial charge >= 0.3 is 0 Å². The van der Waals surface area contributed by atoms with Crippen LogP contribution in [-0.2, 0) is 0 Å². The molecule has 0 aliphatic carbocycles. The van der Waals surface area contributed by atoms with Crippen molar-refractivity contribution >= 4 is 0 Å². The summed E-state index contributed by atoms with van der Waals surface area (Å²) in [6, 6.07) is 5.61. The van der Waals surface area contributed by atoms with E-state index in [1.807, 2.05) is 25.1 Å². The summed E-state index contributed by atoms with van der Waals surface area (Å²) in [5.41, 5.74) is 2.47. The summed E-state index contributed by atoms with van der Waals surface area (Å²) in [5.74, 6) is 0.762. The molecule has 0 fully saturated rings. The second kappa shape index (κ2) is 4.93. The van der Waals surface area contributed by atoms with E-state index in [9.17, 15) is 5.11 Å². The number of hydrogen-bond acceptors (Lipinski definition) is 4. The van der Waals surface area contributed by atoms with Gasteiger partial charge in [-0.25, -0.2) is 9.97 Å². The second-order valence-electron chi connectivity index (χ2n) is 3.80. The van der Waals surface area contributed by atoms with Gasteiger partial charge < -0.3 is 9.84 Å². The Bertz CT molecular complexity index is 500. The lowest BCUT2D eigenvalue weighted by Crippen LogP contribution is -2.01. The van der Waals surface area contributed by atoms with E-state index in [1.54, 1.807) is 19.5 Å². The van der Waals surface area contributed by atoms with Crippen molar-refractivity contribution in [2.24, 2.45) is 0 Å². The van der Waals surface area contributed by atoms with Crippen molar-refractivity contribution in [3.63, 3.8) is 0 Å². The van der Waals surface area contributed by atoms with Gasteiger partial charge in [-0.05, 0) is 24.1 Å². The third-order valence-electron chi connectivity index (χ3n) is 2.64. The van der Waals surface area contributed by atoms with E-state index in [0.29, 0.717) is 5.56 Å². The van der Waals surface area contributed by atoms with Crippen LogP contribution in [-0.4, -0.2) is 22.2 Å². The molecule has 4 nitrogen and oxygen atoms in total. The van der Waals surface area contributed by atoms with Crippen molar-refractivity contribution < 1.29 is 9.84 Å². The van der Waals surface area contributed by atoms with Crippen LogP contribution >= 0.6 is 0 Å². The van der Waals surface area contributed by atoms with E-state index in [4.69, 9.17) is 4.74 Å². The summed E-state index contributed by atoms with van der Waals surface area (Å²) in [6.07, 6.45) is 3.91. The lowest BCUT2D eigenvalue weighted by atomic mass is 10.0. The number of aromatic nitrogens is 2. The minimum absolute atomic E-state index is 0.665. The highest BCUT2D eigenvalue weighted by Gasteiger charge is 2.12. The number of aliphatic hydroxyl groups excluding tert-OH is 1. The van der Waals surface area contributed by atoms with Crippen molar-refractivity contribution in [1.82, 2.24) is 9.97 Å². The Morgan fingerprint density at radius 1 is 1.18 bits per heavy atom. The Kier molecular flexibility index (Phi) is 3.35. The Morgan fingerprint density at radius 2 is 1.88 bits per heavy atom. The normalized spacial score (nSPS) is 12.2. The average molecular weight is 230 g/mol. The maximum absolute atomic E-state index is 10.2. The van der Waals surface area contributed by atoms with Crippen molar-refractivity contribution in [1.29, 1.82) is 0 Å². The molecule has 0 saturated heterocycles. The van der Waals surface area contributed by atoms with E-state index in [1.165, 1.54) is 6.33 Å². The highest BCUT2D eigenvalue weighted by molar-refractivity contribution is 5.39. The van der Waals surface area contributed by atoms with Gasteiger partial charge in [0, 0.05) is 18.0 Å². The molecular weight excluding hydrogens is 216 g/mol. The highest BCUT2D eigenvalue weighted by Crippen LogP contribution is 2.26. The number of hydrogen-bond donors (Lipinski definition) is 1. The molecule has 0 amide bonds. The minimum Gasteiger partial charge on any atom is -0.496 e. The molecule has 1 atom stereocenters. The summed E-state index contributed by atoms with van der Waals surface area (Å²) < 4.78 is 5.23. The van der Waals surface area contributed by atoms with Gasteiger partial charge in [0.1, 0.15) is 18.2 Å². The molecule has 0 saturated carbocycles. The van der Waals surface area contributed by atoms with Gasteiger partial charge in [-0.3, -0.25) is 0 Å². The van der Waals surface area contributed by atoms with Gasteiger partial charge in [0.15, 0.2) is 0 Å². The Labute approximate surface area is 99.9 Å². The zero-order valence-corrected chi connectivity index (χ0v) is 9.79. The third-order valence-corrected chi connectivity index (χ3v) is 2.64. The largest absolute Gasteiger partial charge is 0.496 e. The van der Waals surface area contributed by atoms with Crippen LogP contribution in [0, 0.1) is 6.92 Å². The van der Waals surface area contributed by atoms with Crippen LogP contribution in [0.4, 0.5) is 0 Å². The first-order valence-corrected chi connectivity index (χ1v) is 5.30. The van der Waals surface area contributed by atoms with Crippen molar-refractivity contribution in [3.05, 3.63) is 53.6 Å². The average Bonchev–Trinajstić information content (AvgIpc) is 2.39. The minimum atomic E-state index is -0.731. The van der Waals surface area contributed by atoms with E-state index < -0.39 is 6.10 Å². The monoisotopic (exact) mass is 230 g/mol. The summed E-state index contributed by atoms with van der Waals surface area (Å²) in [7, 11) is 1.62. The van der Waals surface area contributed by atoms with Crippen molar-refractivity contribution in [2.45, 2.75) is 13.0 Å². The predicted molar refractivity (Wildman–Crippen MR) is 63.8 cm³/mol. The van der Waals surface area contributed by atoms with Crippen molar-refractivity contribution in [3.8, 4) is 5.75 Å². The van der Waals surface area contributed by atoms with E-state index >= 15 is 0 Å². The van der Waals surface area contributed by atoms with E-state index in [0.717, 1.165) is 16.9 Å². The van der Waals surface area contributed by atoms with E-state index in [2.05, 4.69) is 9.97 Å². The van der Waals surface area contributed by atoms with Gasteiger partial charge in [0.25, 0.3) is 0 Å². The summed E-state index contributed by atoms with van der Waals surface area (Å²) in [6.45, 7) is 1.96. The SMILES string of the molecule is COc1cc(C(O)c2cncnc2)ccc1C. The second-order valence-corrected chi connectivity index (χ2v) is 3.80. The predicted octanol–water partition coefficient (Wildman–Crippen LogP) is 1.88. The topological polar surface area (TPSA) is 55.2 Å². The fourth-order valence-corrected chi connectivity index (χ4v) is 1.65. The summed E-state index contributed by atoms with van der Waals surface area (Å²) in [4.78, 5) is 7.78. The molecule has 1 N–H and O–H groups in total. The van der Waals surface area contributed by atoms with Gasteiger partial charge in [-0.15, -0.1) is 0 Å². The number of nitrogens with zero attached hydrogens (tertiary/aromatic N) is 2. The lowest BCUT2D eigenvalue weighted by molar-refractivity contribution is 0.219. The van der Waals surface area contributed by atoms with Crippen LogP contribution in [0.1, 0.15) is 22.8 Å². The Balaban J connectivity index is 2.34. The number of ether oxygens (including phenoxy) is 1. The molecule has 1 unspecified atom stereocenters. The lowest BCUT2D eigenvalue weighted by Gasteiger charge is -2.13. The fraction of sp³-hybridized carbons (Fsp3) is 0.231. The first-order valence-electron chi connectivity index (χ1n) is 5.30. The van der Waals surface area contributed by atoms with Gasteiger partial charge in [0.2, 0.25) is 0 Å². The molecule has 1 aromatic carbocycles. The molecule has 0 aliphatic heterocycles. The van der Waals surface area contributed by atoms with Crippen molar-refractivity contribution in [2.75, 3.05) is 7.11 Å². The standard InChI is InChI=1S/C13H14N2O2/c1-9-3-4-10(5-12(9)17-2)13(16)11-6-14-8-15-7-11/h3-8,13,16H,1-2H3. The van der Waals surface area contributed by atoms with Crippen LogP contribution in [0.2, 0.25) is 0 Å². The zero-order valence-electron chi connectivity index (χ0n) is 9.79. The number of methoxy groups -OCH3 is 1. The first-order chi connectivity index (χ1) is 8.22. The smallest absolute Gasteiger partial charge is 0.122 e. The zero-order chi connectivity index (χ0) is 12.3. The molecule has 17 heavy (non-hydrogen) atoms. The molecule has 0 bridgehead atoms. The molecule has 0 radical (unpaired) electrons. The van der Waals surface area contributed by atoms with Crippen LogP contribution in [0.15, 0.2) is 36.9 Å². The van der Waals surface area contributed by atoms with Crippen LogP contribution in [0.3, 0.4) is 0 Å². The number of rotatable bonds is 3. The molecule has 0 aliphatic rings. The quantitative estimate of drug-likeness (QED) is 0.874. The maximum atomic E-state index is 10.2. The molecule has 1 heterocycles. The Morgan fingerprint density at radius 3 is 2.53 bits per heavy atom. The molecule has 0 spiro atoms. The highest BCUT2D eigenvalue weighted by atomic mass is 16.5. The van der Waals surface area contributed by atoms with Crippen LogP contribution < -0.4 is 4.74 Å². The molecular formula is C13H14N2O2. The number of benzene rings is 1. The summed E-state index contributed by atoms with van der Waals surface area (Å²) >= 11 is 0. The molecule has 1 aromatic heterocycles. The molecule has 4 heteroatoms. The fourth-order valence-electron chi connectivity index (χ4n) is 1.65. The van der Waals surface area contributed by atoms with Crippen LogP contribution in [0.25, 0.3) is 0 Å². The summed E-state index contributed by atoms with van der Waals surface area (Å²) in [5, 5.41) is 10.2. The Hall–Kier alpha value is -1.94. The van der Waals surface area contributed by atoms with E-state index in [-0.39, 0.29) is 0 Å². The van der Waals surface area contributed by atoms with Gasteiger partial charge in [-0.2, -0.15) is 0 Å². The molecule has 88 valence electrons. The number of aryl methyl sites for hydroxylation is 1. The van der Waals surface area contributed by atoms with Gasteiger partial charge in [-0.1, -0.05) is 12.1 Å². The third kappa shape index (κ3) is 2.42.